The molecule has 0 N–H and O–H groups in total. The largest absolute Gasteiger partial charge is 0.310 e. The number of fused-ring (bicyclic) bond motifs is 2. The second-order valence-corrected chi connectivity index (χ2v) is 8.75. The minimum Gasteiger partial charge on any atom is -0.310 e. The zero-order valence-corrected chi connectivity index (χ0v) is 19.1. The Kier molecular flexibility index (Phi) is 5.08. The van der Waals surface area contributed by atoms with Crippen molar-refractivity contribution in [2.45, 2.75) is 6.92 Å². The van der Waals surface area contributed by atoms with E-state index in [0.717, 1.165) is 11.4 Å². The van der Waals surface area contributed by atoms with Crippen LogP contribution in [-0.4, -0.2) is 0 Å². The van der Waals surface area contributed by atoms with E-state index in [9.17, 15) is 0 Å². The fourth-order valence-corrected chi connectivity index (χ4v) is 4.88. The van der Waals surface area contributed by atoms with Gasteiger partial charge < -0.3 is 4.90 Å². The summed E-state index contributed by atoms with van der Waals surface area (Å²) in [7, 11) is 0. The van der Waals surface area contributed by atoms with Gasteiger partial charge in [0.1, 0.15) is 0 Å². The van der Waals surface area contributed by atoms with Gasteiger partial charge in [0.25, 0.3) is 0 Å². The molecule has 0 spiro atoms. The fourth-order valence-electron chi connectivity index (χ4n) is 4.88. The van der Waals surface area contributed by atoms with E-state index in [-0.39, 0.29) is 0 Å². The average molecular weight is 436 g/mol. The number of benzene rings is 6. The molecular weight excluding hydrogens is 410 g/mol. The van der Waals surface area contributed by atoms with Crippen molar-refractivity contribution >= 4 is 38.6 Å². The molecule has 0 saturated heterocycles. The molecule has 6 aromatic rings. The van der Waals surface area contributed by atoms with Gasteiger partial charge in [0.05, 0.1) is 5.69 Å². The standard InChI is InChI=1S/C33H25N/c1-24-10-7-17-30(22-24)34(29-15-3-2-4-16-29)32-19-9-14-26-13-8-18-31(33(26)32)28-21-20-25-11-5-6-12-27(25)23-28/h2-23H,1H3. The topological polar surface area (TPSA) is 3.24 Å². The predicted molar refractivity (Wildman–Crippen MR) is 146 cm³/mol. The maximum atomic E-state index is 2.37. The third-order valence-electron chi connectivity index (χ3n) is 6.46. The molecule has 0 unspecified atom stereocenters. The monoisotopic (exact) mass is 435 g/mol. The lowest BCUT2D eigenvalue weighted by Crippen LogP contribution is -2.10. The summed E-state index contributed by atoms with van der Waals surface area (Å²) in [5.74, 6) is 0. The Bertz CT molecular complexity index is 1610. The molecule has 34 heavy (non-hydrogen) atoms. The van der Waals surface area contributed by atoms with E-state index < -0.39 is 0 Å². The Labute approximate surface area is 200 Å². The molecule has 0 aliphatic carbocycles. The first kappa shape index (κ1) is 20.3. The molecule has 0 bridgehead atoms. The van der Waals surface area contributed by atoms with E-state index in [0.29, 0.717) is 0 Å². The van der Waals surface area contributed by atoms with Crippen molar-refractivity contribution in [3.8, 4) is 11.1 Å². The highest BCUT2D eigenvalue weighted by atomic mass is 15.1. The third kappa shape index (κ3) is 3.62. The molecular formula is C33H25N. The molecule has 0 aliphatic heterocycles. The second-order valence-electron chi connectivity index (χ2n) is 8.75. The van der Waals surface area contributed by atoms with E-state index in [2.05, 4.69) is 145 Å². The van der Waals surface area contributed by atoms with Crippen molar-refractivity contribution in [2.75, 3.05) is 4.90 Å². The summed E-state index contributed by atoms with van der Waals surface area (Å²) in [4.78, 5) is 2.37. The highest BCUT2D eigenvalue weighted by Crippen LogP contribution is 2.43. The molecule has 6 rings (SSSR count). The van der Waals surface area contributed by atoms with Crippen LogP contribution in [0.3, 0.4) is 0 Å². The normalized spacial score (nSPS) is 11.1. The van der Waals surface area contributed by atoms with Gasteiger partial charge in [-0.25, -0.2) is 0 Å². The molecule has 0 amide bonds. The molecule has 1 nitrogen and oxygen atoms in total. The second kappa shape index (κ2) is 8.53. The highest BCUT2D eigenvalue weighted by molar-refractivity contribution is 6.08. The Morgan fingerprint density at radius 3 is 1.97 bits per heavy atom. The first-order valence-corrected chi connectivity index (χ1v) is 11.7. The van der Waals surface area contributed by atoms with Crippen LogP contribution in [0.1, 0.15) is 5.56 Å². The van der Waals surface area contributed by atoms with Crippen LogP contribution in [0.25, 0.3) is 32.7 Å². The van der Waals surface area contributed by atoms with Crippen LogP contribution in [0.15, 0.2) is 133 Å². The van der Waals surface area contributed by atoms with E-state index in [1.165, 1.54) is 43.9 Å². The summed E-state index contributed by atoms with van der Waals surface area (Å²) < 4.78 is 0. The van der Waals surface area contributed by atoms with Crippen molar-refractivity contribution in [1.29, 1.82) is 0 Å². The molecule has 0 saturated carbocycles. The molecule has 0 heterocycles. The van der Waals surface area contributed by atoms with Crippen LogP contribution >= 0.6 is 0 Å². The lowest BCUT2D eigenvalue weighted by Gasteiger charge is -2.28. The summed E-state index contributed by atoms with van der Waals surface area (Å²) in [6.45, 7) is 2.15. The smallest absolute Gasteiger partial charge is 0.0546 e. The molecule has 0 radical (unpaired) electrons. The quantitative estimate of drug-likeness (QED) is 0.266. The number of hydrogen-bond donors (Lipinski definition) is 0. The van der Waals surface area contributed by atoms with Crippen LogP contribution in [0, 0.1) is 6.92 Å². The van der Waals surface area contributed by atoms with Gasteiger partial charge in [0.2, 0.25) is 0 Å². The zero-order valence-electron chi connectivity index (χ0n) is 19.1. The van der Waals surface area contributed by atoms with E-state index >= 15 is 0 Å². The van der Waals surface area contributed by atoms with Gasteiger partial charge in [-0.1, -0.05) is 97.1 Å². The van der Waals surface area contributed by atoms with Gasteiger partial charge in [0.15, 0.2) is 0 Å². The van der Waals surface area contributed by atoms with Crippen molar-refractivity contribution < 1.29 is 0 Å². The van der Waals surface area contributed by atoms with Crippen LogP contribution in [0.5, 0.6) is 0 Å². The molecule has 0 atom stereocenters. The maximum absolute atomic E-state index is 2.37. The van der Waals surface area contributed by atoms with Crippen LogP contribution in [-0.2, 0) is 0 Å². The summed E-state index contributed by atoms with van der Waals surface area (Å²) in [5.41, 5.74) is 7.20. The van der Waals surface area contributed by atoms with E-state index in [1.807, 2.05) is 0 Å². The summed E-state index contributed by atoms with van der Waals surface area (Å²) in [5, 5.41) is 5.01. The predicted octanol–water partition coefficient (Wildman–Crippen LogP) is 9.44. The summed E-state index contributed by atoms with van der Waals surface area (Å²) >= 11 is 0. The Balaban J connectivity index is 1.65. The lowest BCUT2D eigenvalue weighted by molar-refractivity contribution is 1.28. The SMILES string of the molecule is Cc1cccc(N(c2ccccc2)c2cccc3cccc(-c4ccc5ccccc5c4)c23)c1. The number of hydrogen-bond acceptors (Lipinski definition) is 1. The molecule has 0 aromatic heterocycles. The van der Waals surface area contributed by atoms with Crippen LogP contribution in [0.2, 0.25) is 0 Å². The number of aryl methyl sites for hydroxylation is 1. The first-order chi connectivity index (χ1) is 16.8. The third-order valence-corrected chi connectivity index (χ3v) is 6.46. The lowest BCUT2D eigenvalue weighted by atomic mass is 9.94. The van der Waals surface area contributed by atoms with Crippen LogP contribution < -0.4 is 4.90 Å². The summed E-state index contributed by atoms with van der Waals surface area (Å²) in [6.07, 6.45) is 0. The van der Waals surface area contributed by atoms with E-state index in [1.54, 1.807) is 0 Å². The Hall–Kier alpha value is -4.36. The number of anilines is 3. The molecule has 0 fully saturated rings. The number of rotatable bonds is 4. The minimum atomic E-state index is 1.15. The van der Waals surface area contributed by atoms with Crippen molar-refractivity contribution in [1.82, 2.24) is 0 Å². The van der Waals surface area contributed by atoms with Gasteiger partial charge >= 0.3 is 0 Å². The van der Waals surface area contributed by atoms with Gasteiger partial charge in [-0.05, 0) is 76.2 Å². The first-order valence-electron chi connectivity index (χ1n) is 11.7. The molecule has 6 aromatic carbocycles. The van der Waals surface area contributed by atoms with Crippen molar-refractivity contribution in [2.24, 2.45) is 0 Å². The van der Waals surface area contributed by atoms with Gasteiger partial charge in [-0.3, -0.25) is 0 Å². The maximum Gasteiger partial charge on any atom is 0.0546 e. The van der Waals surface area contributed by atoms with Crippen molar-refractivity contribution in [3.63, 3.8) is 0 Å². The number of nitrogens with zero attached hydrogens (tertiary/aromatic N) is 1. The van der Waals surface area contributed by atoms with Gasteiger partial charge in [-0.2, -0.15) is 0 Å². The molecule has 1 heteroatoms. The van der Waals surface area contributed by atoms with Crippen LogP contribution in [0.4, 0.5) is 17.1 Å². The van der Waals surface area contributed by atoms with Gasteiger partial charge in [0, 0.05) is 16.8 Å². The van der Waals surface area contributed by atoms with Gasteiger partial charge in [-0.15, -0.1) is 0 Å². The van der Waals surface area contributed by atoms with E-state index in [4.69, 9.17) is 0 Å². The van der Waals surface area contributed by atoms with Crippen molar-refractivity contribution in [3.05, 3.63) is 139 Å². The average Bonchev–Trinajstić information content (AvgIpc) is 2.89. The molecule has 162 valence electrons. The number of para-hydroxylation sites is 1. The summed E-state index contributed by atoms with van der Waals surface area (Å²) in [6, 6.07) is 47.9. The fraction of sp³-hybridized carbons (Fsp3) is 0.0303. The zero-order chi connectivity index (χ0) is 22.9. The molecule has 0 aliphatic rings. The minimum absolute atomic E-state index is 1.15. The highest BCUT2D eigenvalue weighted by Gasteiger charge is 2.17. The Morgan fingerprint density at radius 2 is 1.15 bits per heavy atom. The Morgan fingerprint density at radius 1 is 0.471 bits per heavy atom.